The van der Waals surface area contributed by atoms with Crippen molar-refractivity contribution < 1.29 is 4.74 Å². The fraction of sp³-hybridized carbons (Fsp3) is 0.231. The van der Waals surface area contributed by atoms with E-state index in [4.69, 9.17) is 4.74 Å². The molecule has 0 fully saturated rings. The molecule has 2 aliphatic rings. The Morgan fingerprint density at radius 1 is 0.852 bits per heavy atom. The predicted octanol–water partition coefficient (Wildman–Crippen LogP) is 4.22. The van der Waals surface area contributed by atoms with E-state index < -0.39 is 0 Å². The Morgan fingerprint density at radius 2 is 1.70 bits per heavy atom. The van der Waals surface area contributed by atoms with Crippen molar-refractivity contribution in [1.29, 1.82) is 0 Å². The van der Waals surface area contributed by atoms with E-state index in [0.29, 0.717) is 5.92 Å². The van der Waals surface area contributed by atoms with E-state index in [9.17, 15) is 0 Å². The average molecular weight is 352 g/mol. The van der Waals surface area contributed by atoms with Gasteiger partial charge < -0.3 is 4.74 Å². The molecule has 1 atom stereocenters. The van der Waals surface area contributed by atoms with E-state index in [1.54, 1.807) is 18.2 Å². The second kappa shape index (κ2) is 6.74. The van der Waals surface area contributed by atoms with Crippen LogP contribution in [0, 0.1) is 10.4 Å². The Bertz CT molecular complexity index is 1200. The lowest BCUT2D eigenvalue weighted by Gasteiger charge is -2.25. The molecule has 1 unspecified atom stereocenters. The molecule has 5 rings (SSSR count). The first kappa shape index (κ1) is 16.4. The lowest BCUT2D eigenvalue weighted by Crippen LogP contribution is -2.24. The third-order valence-electron chi connectivity index (χ3n) is 6.10. The van der Waals surface area contributed by atoms with E-state index >= 15 is 0 Å². The zero-order chi connectivity index (χ0) is 18.2. The first-order valence-electron chi connectivity index (χ1n) is 9.88. The third kappa shape index (κ3) is 2.88. The van der Waals surface area contributed by atoms with E-state index in [-0.39, 0.29) is 0 Å². The number of methoxy groups -OCH3 is 1. The average Bonchev–Trinajstić information content (AvgIpc) is 2.74. The van der Waals surface area contributed by atoms with Crippen molar-refractivity contribution in [3.05, 3.63) is 98.2 Å². The molecular formula is C26H24O. The molecule has 2 aliphatic carbocycles. The maximum atomic E-state index is 5.31. The summed E-state index contributed by atoms with van der Waals surface area (Å²) in [4.78, 5) is 0. The predicted molar refractivity (Wildman–Crippen MR) is 111 cm³/mol. The molecule has 134 valence electrons. The lowest BCUT2D eigenvalue weighted by molar-refractivity contribution is 0.414. The van der Waals surface area contributed by atoms with Gasteiger partial charge in [0.15, 0.2) is 0 Å². The summed E-state index contributed by atoms with van der Waals surface area (Å²) in [6, 6.07) is 22.1. The standard InChI is InChI=1S/C26H24O/c1-27-22-13-9-18(10-14-22)17-21-7-4-6-20-12-15-24-23-8-3-2-5-19(23)11-16-25(24)26(20)21/h2-3,5-6,8-15,21H,4,7,16-17H2,1H3. The first-order valence-corrected chi connectivity index (χ1v) is 9.88. The quantitative estimate of drug-likeness (QED) is 0.686. The Balaban J connectivity index is 1.65. The summed E-state index contributed by atoms with van der Waals surface area (Å²) >= 11 is 0. The summed E-state index contributed by atoms with van der Waals surface area (Å²) in [5, 5.41) is 5.64. The molecule has 0 saturated carbocycles. The maximum absolute atomic E-state index is 5.31. The second-order valence-electron chi connectivity index (χ2n) is 7.62. The van der Waals surface area contributed by atoms with Gasteiger partial charge in [0.25, 0.3) is 0 Å². The molecule has 0 aliphatic heterocycles. The molecular weight excluding hydrogens is 328 g/mol. The molecule has 3 aromatic rings. The van der Waals surface area contributed by atoms with Crippen molar-refractivity contribution in [2.75, 3.05) is 7.11 Å². The molecule has 0 radical (unpaired) electrons. The molecule has 1 heteroatoms. The number of rotatable bonds is 3. The highest BCUT2D eigenvalue weighted by Gasteiger charge is 2.21. The Hall–Kier alpha value is -2.80. The van der Waals surface area contributed by atoms with Gasteiger partial charge in [0.1, 0.15) is 5.75 Å². The van der Waals surface area contributed by atoms with Gasteiger partial charge in [-0.25, -0.2) is 0 Å². The lowest BCUT2D eigenvalue weighted by atomic mass is 9.79. The van der Waals surface area contributed by atoms with Crippen molar-refractivity contribution in [1.82, 2.24) is 0 Å². The van der Waals surface area contributed by atoms with E-state index in [1.165, 1.54) is 39.3 Å². The molecule has 27 heavy (non-hydrogen) atoms. The third-order valence-corrected chi connectivity index (χ3v) is 6.10. The van der Waals surface area contributed by atoms with Crippen LogP contribution in [0.5, 0.6) is 5.75 Å². The van der Waals surface area contributed by atoms with Crippen LogP contribution >= 0.6 is 0 Å². The minimum Gasteiger partial charge on any atom is -0.497 e. The van der Waals surface area contributed by atoms with Gasteiger partial charge in [0, 0.05) is 0 Å². The molecule has 0 N–H and O–H groups in total. The van der Waals surface area contributed by atoms with Gasteiger partial charge in [-0.3, -0.25) is 0 Å². The minimum absolute atomic E-state index is 0.590. The minimum atomic E-state index is 0.590. The largest absolute Gasteiger partial charge is 0.497 e. The van der Waals surface area contributed by atoms with Crippen LogP contribution in [-0.4, -0.2) is 7.11 Å². The van der Waals surface area contributed by atoms with Crippen molar-refractivity contribution >= 4 is 12.2 Å². The highest BCUT2D eigenvalue weighted by Crippen LogP contribution is 2.31. The molecule has 1 nitrogen and oxygen atoms in total. The van der Waals surface area contributed by atoms with E-state index in [0.717, 1.165) is 18.6 Å². The number of ether oxygens (including phenoxy) is 1. The fourth-order valence-corrected chi connectivity index (χ4v) is 4.78. The van der Waals surface area contributed by atoms with Gasteiger partial charge in [0.05, 0.1) is 7.11 Å². The Morgan fingerprint density at radius 3 is 2.56 bits per heavy atom. The molecule has 0 aromatic heterocycles. The Labute approximate surface area is 159 Å². The summed E-state index contributed by atoms with van der Waals surface area (Å²) in [5.74, 6) is 1.52. The number of hydrogen-bond donors (Lipinski definition) is 0. The first-order chi connectivity index (χ1) is 13.3. The number of benzene rings is 3. The molecule has 0 amide bonds. The monoisotopic (exact) mass is 352 g/mol. The maximum Gasteiger partial charge on any atom is 0.118 e. The second-order valence-corrected chi connectivity index (χ2v) is 7.62. The van der Waals surface area contributed by atoms with Gasteiger partial charge in [-0.2, -0.15) is 0 Å². The molecule has 3 aromatic carbocycles. The summed E-state index contributed by atoms with van der Waals surface area (Å²) < 4.78 is 5.31. The van der Waals surface area contributed by atoms with Crippen molar-refractivity contribution in [3.63, 3.8) is 0 Å². The van der Waals surface area contributed by atoms with Crippen LogP contribution in [0.25, 0.3) is 12.2 Å². The zero-order valence-electron chi connectivity index (χ0n) is 15.7. The van der Waals surface area contributed by atoms with Crippen molar-refractivity contribution in [3.8, 4) is 5.75 Å². The Kier molecular flexibility index (Phi) is 4.09. The summed E-state index contributed by atoms with van der Waals surface area (Å²) in [6.07, 6.45) is 9.38. The highest BCUT2D eigenvalue weighted by molar-refractivity contribution is 5.49. The van der Waals surface area contributed by atoms with Crippen molar-refractivity contribution in [2.45, 2.75) is 31.6 Å². The van der Waals surface area contributed by atoms with Crippen LogP contribution in [0.3, 0.4) is 0 Å². The van der Waals surface area contributed by atoms with Crippen LogP contribution in [0.15, 0.2) is 60.7 Å². The molecule has 0 spiro atoms. The summed E-state index contributed by atoms with van der Waals surface area (Å²) in [5.41, 5.74) is 4.52. The number of fused-ring (bicyclic) bond motifs is 4. The molecule has 0 saturated heterocycles. The highest BCUT2D eigenvalue weighted by atomic mass is 16.5. The van der Waals surface area contributed by atoms with Gasteiger partial charge in [-0.15, -0.1) is 0 Å². The van der Waals surface area contributed by atoms with Gasteiger partial charge >= 0.3 is 0 Å². The number of hydrogen-bond acceptors (Lipinski definition) is 1. The van der Waals surface area contributed by atoms with E-state index in [2.05, 4.69) is 72.8 Å². The fourth-order valence-electron chi connectivity index (χ4n) is 4.78. The van der Waals surface area contributed by atoms with Gasteiger partial charge in [0.2, 0.25) is 0 Å². The van der Waals surface area contributed by atoms with Crippen LogP contribution in [0.2, 0.25) is 0 Å². The smallest absolute Gasteiger partial charge is 0.118 e. The normalized spacial score (nSPS) is 17.0. The SMILES string of the molecule is COc1ccc(CC2CCC=c3ccc4c(c32)CC=c2ccccc2=4)cc1. The van der Waals surface area contributed by atoms with Gasteiger partial charge in [-0.1, -0.05) is 60.7 Å². The summed E-state index contributed by atoms with van der Waals surface area (Å²) in [6.45, 7) is 0. The molecule has 0 bridgehead atoms. The van der Waals surface area contributed by atoms with Crippen molar-refractivity contribution in [2.24, 2.45) is 0 Å². The topological polar surface area (TPSA) is 9.23 Å². The molecule has 0 heterocycles. The van der Waals surface area contributed by atoms with Crippen LogP contribution in [0.4, 0.5) is 0 Å². The van der Waals surface area contributed by atoms with Crippen LogP contribution in [-0.2, 0) is 12.8 Å². The van der Waals surface area contributed by atoms with E-state index in [1.807, 2.05) is 0 Å². The van der Waals surface area contributed by atoms with Crippen LogP contribution < -0.4 is 15.2 Å². The zero-order valence-corrected chi connectivity index (χ0v) is 15.7. The summed E-state index contributed by atoms with van der Waals surface area (Å²) in [7, 11) is 1.73. The van der Waals surface area contributed by atoms with Gasteiger partial charge in [-0.05, 0) is 81.3 Å². The van der Waals surface area contributed by atoms with Crippen LogP contribution in [0.1, 0.15) is 35.4 Å².